The number of hydrogen-bond donors (Lipinski definition) is 0. The van der Waals surface area contributed by atoms with Crippen LogP contribution < -0.4 is 0 Å². The van der Waals surface area contributed by atoms with E-state index in [2.05, 4.69) is 91.0 Å². The molecule has 3 aromatic rings. The van der Waals surface area contributed by atoms with Crippen molar-refractivity contribution in [2.45, 2.75) is 0 Å². The van der Waals surface area contributed by atoms with Gasteiger partial charge in [-0.3, -0.25) is 0 Å². The Balaban J connectivity index is 2.12. The van der Waals surface area contributed by atoms with Gasteiger partial charge in [0.15, 0.2) is 0 Å². The first-order chi connectivity index (χ1) is 9.45. The Morgan fingerprint density at radius 1 is 0.368 bits per heavy atom. The van der Waals surface area contributed by atoms with Gasteiger partial charge in [-0.15, -0.1) is 0 Å². The summed E-state index contributed by atoms with van der Waals surface area (Å²) >= 11 is -1.52. The van der Waals surface area contributed by atoms with Gasteiger partial charge in [0.2, 0.25) is 0 Å². The van der Waals surface area contributed by atoms with Crippen LogP contribution in [0.2, 0.25) is 0 Å². The van der Waals surface area contributed by atoms with E-state index in [0.717, 1.165) is 0 Å². The molecule has 0 bridgehead atoms. The van der Waals surface area contributed by atoms with E-state index in [9.17, 15) is 0 Å². The van der Waals surface area contributed by atoms with Crippen LogP contribution in [0.25, 0.3) is 0 Å². The summed E-state index contributed by atoms with van der Waals surface area (Å²) < 4.78 is 4.47. The Bertz CT molecular complexity index is 524. The van der Waals surface area contributed by atoms with E-state index in [4.69, 9.17) is 0 Å². The van der Waals surface area contributed by atoms with E-state index in [1.165, 1.54) is 10.7 Å². The van der Waals surface area contributed by atoms with Gasteiger partial charge >= 0.3 is 122 Å². The van der Waals surface area contributed by atoms with Gasteiger partial charge in [-0.05, 0) is 0 Å². The Labute approximate surface area is 121 Å². The van der Waals surface area contributed by atoms with Crippen LogP contribution in [0.3, 0.4) is 0 Å². The van der Waals surface area contributed by atoms with Crippen molar-refractivity contribution < 1.29 is 0 Å². The third kappa shape index (κ3) is 2.87. The molecule has 0 heterocycles. The Kier molecular flexibility index (Phi) is 3.94. The first kappa shape index (κ1) is 12.4. The summed E-state index contributed by atoms with van der Waals surface area (Å²) in [5.41, 5.74) is 0. The predicted molar refractivity (Wildman–Crippen MR) is 89.4 cm³/mol. The van der Waals surface area contributed by atoms with Crippen molar-refractivity contribution in [1.29, 1.82) is 0 Å². The van der Waals surface area contributed by atoms with Gasteiger partial charge in [0.1, 0.15) is 0 Å². The number of benzene rings is 3. The molecule has 0 fully saturated rings. The monoisotopic (exact) mass is 358 g/mol. The Morgan fingerprint density at radius 3 is 0.895 bits per heavy atom. The SMILES string of the molecule is c1ccc(I(c2ccccc2)c2ccccc2)cc1. The summed E-state index contributed by atoms with van der Waals surface area (Å²) in [7, 11) is 0. The molecule has 0 nitrogen and oxygen atoms in total. The van der Waals surface area contributed by atoms with Crippen molar-refractivity contribution in [3.05, 3.63) is 102 Å². The minimum atomic E-state index is -1.52. The van der Waals surface area contributed by atoms with Crippen LogP contribution in [0.5, 0.6) is 0 Å². The summed E-state index contributed by atoms with van der Waals surface area (Å²) in [5, 5.41) is 0. The predicted octanol–water partition coefficient (Wildman–Crippen LogP) is 5.10. The van der Waals surface area contributed by atoms with Gasteiger partial charge in [0.05, 0.1) is 0 Å². The molecule has 1 heteroatoms. The van der Waals surface area contributed by atoms with Gasteiger partial charge < -0.3 is 0 Å². The number of hydrogen-bond acceptors (Lipinski definition) is 0. The van der Waals surface area contributed by atoms with Gasteiger partial charge in [-0.25, -0.2) is 0 Å². The second-order valence-electron chi connectivity index (χ2n) is 4.17. The van der Waals surface area contributed by atoms with Gasteiger partial charge in [0, 0.05) is 0 Å². The van der Waals surface area contributed by atoms with Crippen LogP contribution in [-0.2, 0) is 0 Å². The molecule has 0 N–H and O–H groups in total. The summed E-state index contributed by atoms with van der Waals surface area (Å²) in [6.07, 6.45) is 0. The van der Waals surface area contributed by atoms with Crippen LogP contribution in [0.15, 0.2) is 91.0 Å². The molecule has 0 saturated carbocycles. The Morgan fingerprint density at radius 2 is 0.632 bits per heavy atom. The van der Waals surface area contributed by atoms with Crippen molar-refractivity contribution in [1.82, 2.24) is 0 Å². The van der Waals surface area contributed by atoms with Crippen molar-refractivity contribution in [2.24, 2.45) is 0 Å². The zero-order valence-corrected chi connectivity index (χ0v) is 12.7. The first-order valence-electron chi connectivity index (χ1n) is 6.30. The zero-order valence-electron chi connectivity index (χ0n) is 10.5. The quantitative estimate of drug-likeness (QED) is 0.572. The minimum absolute atomic E-state index is 1.49. The maximum absolute atomic E-state index is 2.27. The molecule has 0 amide bonds. The standard InChI is InChI=1S/C18H15I/c1-4-10-16(11-5-1)19(17-12-6-2-7-13-17)18-14-8-3-9-15-18/h1-15H. The van der Waals surface area contributed by atoms with Crippen molar-refractivity contribution in [3.8, 4) is 0 Å². The topological polar surface area (TPSA) is 0 Å². The van der Waals surface area contributed by atoms with Crippen molar-refractivity contribution >= 4 is 19.8 Å². The molecular formula is C18H15I. The average Bonchev–Trinajstić information content (AvgIpc) is 2.51. The van der Waals surface area contributed by atoms with E-state index in [1.54, 1.807) is 0 Å². The van der Waals surface area contributed by atoms with Crippen molar-refractivity contribution in [3.63, 3.8) is 0 Å². The van der Waals surface area contributed by atoms with E-state index in [-0.39, 0.29) is 0 Å². The average molecular weight is 358 g/mol. The van der Waals surface area contributed by atoms with E-state index >= 15 is 0 Å². The normalized spacial score (nSPS) is 11.1. The molecule has 0 aliphatic carbocycles. The molecule has 0 saturated heterocycles. The molecular weight excluding hydrogens is 343 g/mol. The second kappa shape index (κ2) is 6.02. The van der Waals surface area contributed by atoms with Crippen LogP contribution in [0.4, 0.5) is 0 Å². The molecule has 3 rings (SSSR count). The zero-order chi connectivity index (χ0) is 12.9. The summed E-state index contributed by atoms with van der Waals surface area (Å²) in [4.78, 5) is 0. The maximum atomic E-state index is 2.27. The third-order valence-electron chi connectivity index (χ3n) is 2.85. The van der Waals surface area contributed by atoms with Crippen LogP contribution in [0, 0.1) is 10.7 Å². The molecule has 0 aliphatic heterocycles. The molecule has 0 unspecified atom stereocenters. The number of halogens is 1. The van der Waals surface area contributed by atoms with Gasteiger partial charge in [-0.2, -0.15) is 0 Å². The van der Waals surface area contributed by atoms with Crippen LogP contribution >= 0.6 is 19.8 Å². The molecule has 19 heavy (non-hydrogen) atoms. The van der Waals surface area contributed by atoms with Crippen molar-refractivity contribution in [2.75, 3.05) is 0 Å². The third-order valence-corrected chi connectivity index (χ3v) is 8.75. The summed E-state index contributed by atoms with van der Waals surface area (Å²) in [5.74, 6) is 0. The Hall–Kier alpha value is -1.61. The molecule has 0 spiro atoms. The summed E-state index contributed by atoms with van der Waals surface area (Å²) in [6, 6.07) is 32.8. The first-order valence-corrected chi connectivity index (χ1v) is 9.54. The molecule has 0 aliphatic rings. The van der Waals surface area contributed by atoms with Crippen LogP contribution in [0.1, 0.15) is 0 Å². The number of rotatable bonds is 3. The molecule has 3 aromatic carbocycles. The summed E-state index contributed by atoms with van der Waals surface area (Å²) in [6.45, 7) is 0. The van der Waals surface area contributed by atoms with E-state index in [1.807, 2.05) is 0 Å². The van der Waals surface area contributed by atoms with Gasteiger partial charge in [0.25, 0.3) is 0 Å². The molecule has 0 radical (unpaired) electrons. The van der Waals surface area contributed by atoms with Gasteiger partial charge in [-0.1, -0.05) is 0 Å². The molecule has 0 atom stereocenters. The fraction of sp³-hybridized carbons (Fsp3) is 0. The molecule has 94 valence electrons. The second-order valence-corrected chi connectivity index (χ2v) is 9.53. The fourth-order valence-corrected chi connectivity index (χ4v) is 7.56. The van der Waals surface area contributed by atoms with E-state index in [0.29, 0.717) is 0 Å². The molecule has 0 aromatic heterocycles. The van der Waals surface area contributed by atoms with Crippen LogP contribution in [-0.4, -0.2) is 0 Å². The fourth-order valence-electron chi connectivity index (χ4n) is 2.00. The van der Waals surface area contributed by atoms with E-state index < -0.39 is 19.8 Å².